The zero-order valence-corrected chi connectivity index (χ0v) is 11.3. The summed E-state index contributed by atoms with van der Waals surface area (Å²) in [7, 11) is 0. The van der Waals surface area contributed by atoms with Crippen LogP contribution in [0, 0.1) is 13.8 Å². The Labute approximate surface area is 103 Å². The highest BCUT2D eigenvalue weighted by atomic mass is 32.1. The molecule has 0 bridgehead atoms. The Balaban J connectivity index is 1.84. The lowest BCUT2D eigenvalue weighted by Gasteiger charge is -2.15. The van der Waals surface area contributed by atoms with Gasteiger partial charge in [0.2, 0.25) is 0 Å². The SMILES string of the molecule is Cc1cc(CNC2CCCCCC2)c(C)s1. The summed E-state index contributed by atoms with van der Waals surface area (Å²) in [5.41, 5.74) is 1.51. The van der Waals surface area contributed by atoms with Crippen molar-refractivity contribution in [3.05, 3.63) is 21.4 Å². The summed E-state index contributed by atoms with van der Waals surface area (Å²) in [6.07, 6.45) is 8.46. The van der Waals surface area contributed by atoms with Gasteiger partial charge in [-0.15, -0.1) is 11.3 Å². The maximum Gasteiger partial charge on any atom is 0.0219 e. The zero-order valence-electron chi connectivity index (χ0n) is 10.5. The molecule has 0 atom stereocenters. The largest absolute Gasteiger partial charge is 0.310 e. The fraction of sp³-hybridized carbons (Fsp3) is 0.714. The summed E-state index contributed by atoms with van der Waals surface area (Å²) < 4.78 is 0. The van der Waals surface area contributed by atoms with Crippen LogP contribution in [0.25, 0.3) is 0 Å². The molecule has 1 aromatic heterocycles. The standard InChI is InChI=1S/C14H23NS/c1-11-9-13(12(2)16-11)10-15-14-7-5-3-4-6-8-14/h9,14-15H,3-8,10H2,1-2H3. The zero-order chi connectivity index (χ0) is 11.4. The molecule has 1 fully saturated rings. The lowest BCUT2D eigenvalue weighted by molar-refractivity contribution is 0.459. The summed E-state index contributed by atoms with van der Waals surface area (Å²) in [6, 6.07) is 3.10. The van der Waals surface area contributed by atoms with Gasteiger partial charge in [-0.25, -0.2) is 0 Å². The molecule has 0 radical (unpaired) electrons. The third-order valence-electron chi connectivity index (χ3n) is 3.58. The van der Waals surface area contributed by atoms with Crippen molar-refractivity contribution in [1.29, 1.82) is 0 Å². The molecular formula is C14H23NS. The van der Waals surface area contributed by atoms with Crippen molar-refractivity contribution in [3.63, 3.8) is 0 Å². The first-order valence-corrected chi connectivity index (χ1v) is 7.36. The monoisotopic (exact) mass is 237 g/mol. The van der Waals surface area contributed by atoms with E-state index in [4.69, 9.17) is 0 Å². The first-order valence-electron chi connectivity index (χ1n) is 6.55. The van der Waals surface area contributed by atoms with E-state index in [9.17, 15) is 0 Å². The molecule has 16 heavy (non-hydrogen) atoms. The molecule has 1 aliphatic rings. The van der Waals surface area contributed by atoms with Crippen molar-refractivity contribution in [2.75, 3.05) is 0 Å². The average molecular weight is 237 g/mol. The van der Waals surface area contributed by atoms with E-state index in [1.165, 1.54) is 53.8 Å². The molecule has 0 aromatic carbocycles. The van der Waals surface area contributed by atoms with Gasteiger partial charge in [0.25, 0.3) is 0 Å². The summed E-state index contributed by atoms with van der Waals surface area (Å²) in [5, 5.41) is 3.74. The Morgan fingerprint density at radius 1 is 1.19 bits per heavy atom. The van der Waals surface area contributed by atoms with Gasteiger partial charge in [0.1, 0.15) is 0 Å². The first-order chi connectivity index (χ1) is 7.75. The number of nitrogens with one attached hydrogen (secondary N) is 1. The molecule has 2 rings (SSSR count). The molecule has 1 N–H and O–H groups in total. The quantitative estimate of drug-likeness (QED) is 0.778. The summed E-state index contributed by atoms with van der Waals surface area (Å²) in [5.74, 6) is 0. The third-order valence-corrected chi connectivity index (χ3v) is 4.59. The minimum Gasteiger partial charge on any atom is -0.310 e. The van der Waals surface area contributed by atoms with Crippen molar-refractivity contribution >= 4 is 11.3 Å². The molecule has 1 saturated carbocycles. The average Bonchev–Trinajstić information content (AvgIpc) is 2.48. The van der Waals surface area contributed by atoms with Crippen molar-refractivity contribution in [2.45, 2.75) is 65.0 Å². The molecule has 1 heterocycles. The van der Waals surface area contributed by atoms with Gasteiger partial charge in [-0.2, -0.15) is 0 Å². The second-order valence-corrected chi connectivity index (χ2v) is 6.47. The third kappa shape index (κ3) is 3.33. The second kappa shape index (κ2) is 5.83. The van der Waals surface area contributed by atoms with E-state index in [0.717, 1.165) is 12.6 Å². The van der Waals surface area contributed by atoms with Gasteiger partial charge >= 0.3 is 0 Å². The van der Waals surface area contributed by atoms with Crippen LogP contribution in [-0.4, -0.2) is 6.04 Å². The van der Waals surface area contributed by atoms with E-state index in [1.807, 2.05) is 11.3 Å². The van der Waals surface area contributed by atoms with Crippen molar-refractivity contribution < 1.29 is 0 Å². The highest BCUT2D eigenvalue weighted by Gasteiger charge is 2.12. The highest BCUT2D eigenvalue weighted by Crippen LogP contribution is 2.22. The number of rotatable bonds is 3. The Morgan fingerprint density at radius 3 is 2.44 bits per heavy atom. The van der Waals surface area contributed by atoms with Crippen molar-refractivity contribution in [3.8, 4) is 0 Å². The van der Waals surface area contributed by atoms with Gasteiger partial charge in [-0.3, -0.25) is 0 Å². The Kier molecular flexibility index (Phi) is 4.42. The molecule has 0 amide bonds. The van der Waals surface area contributed by atoms with E-state index < -0.39 is 0 Å². The minimum absolute atomic E-state index is 0.766. The molecule has 1 aliphatic carbocycles. The van der Waals surface area contributed by atoms with Crippen molar-refractivity contribution in [1.82, 2.24) is 5.32 Å². The fourth-order valence-corrected chi connectivity index (χ4v) is 3.54. The van der Waals surface area contributed by atoms with E-state index >= 15 is 0 Å². The topological polar surface area (TPSA) is 12.0 Å². The number of hydrogen-bond donors (Lipinski definition) is 1. The van der Waals surface area contributed by atoms with Crippen LogP contribution in [0.1, 0.15) is 53.8 Å². The van der Waals surface area contributed by atoms with Crippen LogP contribution in [0.3, 0.4) is 0 Å². The summed E-state index contributed by atoms with van der Waals surface area (Å²) in [4.78, 5) is 2.92. The number of hydrogen-bond acceptors (Lipinski definition) is 2. The Hall–Kier alpha value is -0.340. The molecular weight excluding hydrogens is 214 g/mol. The smallest absolute Gasteiger partial charge is 0.0219 e. The molecule has 0 unspecified atom stereocenters. The van der Waals surface area contributed by atoms with Gasteiger partial charge in [-0.1, -0.05) is 25.7 Å². The van der Waals surface area contributed by atoms with Crippen LogP contribution in [0.15, 0.2) is 6.07 Å². The van der Waals surface area contributed by atoms with Gasteiger partial charge < -0.3 is 5.32 Å². The van der Waals surface area contributed by atoms with Crippen LogP contribution < -0.4 is 5.32 Å². The van der Waals surface area contributed by atoms with Crippen LogP contribution in [-0.2, 0) is 6.54 Å². The Bertz CT molecular complexity index is 321. The van der Waals surface area contributed by atoms with Gasteiger partial charge in [0.15, 0.2) is 0 Å². The van der Waals surface area contributed by atoms with E-state index in [2.05, 4.69) is 25.2 Å². The molecule has 0 aliphatic heterocycles. The van der Waals surface area contributed by atoms with Crippen LogP contribution in [0.5, 0.6) is 0 Å². The number of aryl methyl sites for hydroxylation is 2. The Morgan fingerprint density at radius 2 is 1.88 bits per heavy atom. The van der Waals surface area contributed by atoms with Gasteiger partial charge in [0, 0.05) is 22.3 Å². The molecule has 2 heteroatoms. The minimum atomic E-state index is 0.766. The molecule has 0 saturated heterocycles. The van der Waals surface area contributed by atoms with E-state index in [0.29, 0.717) is 0 Å². The fourth-order valence-electron chi connectivity index (χ4n) is 2.60. The number of thiophene rings is 1. The maximum atomic E-state index is 3.74. The normalized spacial score (nSPS) is 18.6. The van der Waals surface area contributed by atoms with E-state index in [1.54, 1.807) is 0 Å². The predicted molar refractivity (Wildman–Crippen MR) is 72.1 cm³/mol. The van der Waals surface area contributed by atoms with Crippen LogP contribution in [0.4, 0.5) is 0 Å². The van der Waals surface area contributed by atoms with E-state index in [-0.39, 0.29) is 0 Å². The second-order valence-electron chi connectivity index (χ2n) is 5.01. The van der Waals surface area contributed by atoms with Gasteiger partial charge in [0.05, 0.1) is 0 Å². The lowest BCUT2D eigenvalue weighted by atomic mass is 10.1. The highest BCUT2D eigenvalue weighted by molar-refractivity contribution is 7.12. The lowest BCUT2D eigenvalue weighted by Crippen LogP contribution is -2.27. The van der Waals surface area contributed by atoms with Crippen LogP contribution in [0.2, 0.25) is 0 Å². The van der Waals surface area contributed by atoms with Gasteiger partial charge in [-0.05, 0) is 38.3 Å². The molecule has 0 spiro atoms. The van der Waals surface area contributed by atoms with Crippen LogP contribution >= 0.6 is 11.3 Å². The molecule has 90 valence electrons. The summed E-state index contributed by atoms with van der Waals surface area (Å²) >= 11 is 1.92. The molecule has 1 nitrogen and oxygen atoms in total. The molecule has 1 aromatic rings. The maximum absolute atomic E-state index is 3.74. The van der Waals surface area contributed by atoms with Crippen molar-refractivity contribution in [2.24, 2.45) is 0 Å². The summed E-state index contributed by atoms with van der Waals surface area (Å²) in [6.45, 7) is 5.51. The predicted octanol–water partition coefficient (Wildman–Crippen LogP) is 4.18. The first kappa shape index (κ1) is 12.1.